The van der Waals surface area contributed by atoms with Gasteiger partial charge in [0.2, 0.25) is 15.8 Å². The molecule has 1 aromatic rings. The summed E-state index contributed by atoms with van der Waals surface area (Å²) in [5, 5.41) is 10.5. The van der Waals surface area contributed by atoms with Crippen molar-refractivity contribution >= 4 is 38.3 Å². The summed E-state index contributed by atoms with van der Waals surface area (Å²) in [6, 6.07) is 2.44. The number of nitro groups is 1. The van der Waals surface area contributed by atoms with E-state index in [1.807, 2.05) is 22.6 Å². The number of rotatable bonds is 5. The number of alkyl halides is 1. The second kappa shape index (κ2) is 5.69. The summed E-state index contributed by atoms with van der Waals surface area (Å²) in [5.41, 5.74) is -0.859. The van der Waals surface area contributed by atoms with E-state index in [0.717, 1.165) is 12.1 Å². The molecule has 6 nitrogen and oxygen atoms in total. The van der Waals surface area contributed by atoms with Gasteiger partial charge in [0.25, 0.3) is 0 Å². The van der Waals surface area contributed by atoms with Crippen molar-refractivity contribution in [3.05, 3.63) is 34.1 Å². The molecule has 0 amide bonds. The number of nitro benzene ring substituents is 1. The zero-order valence-corrected chi connectivity index (χ0v) is 11.4. The smallest absolute Gasteiger partial charge is 0.258 e. The van der Waals surface area contributed by atoms with Gasteiger partial charge in [-0.3, -0.25) is 10.1 Å². The van der Waals surface area contributed by atoms with Gasteiger partial charge in [0.1, 0.15) is 0 Å². The molecule has 0 radical (unpaired) electrons. The summed E-state index contributed by atoms with van der Waals surface area (Å²) in [6.45, 7) is 0.202. The highest BCUT2D eigenvalue weighted by Crippen LogP contribution is 2.21. The van der Waals surface area contributed by atoms with Crippen molar-refractivity contribution in [3.63, 3.8) is 0 Å². The maximum Gasteiger partial charge on any atom is 0.306 e. The molecule has 0 fully saturated rings. The van der Waals surface area contributed by atoms with E-state index < -0.39 is 26.5 Å². The molecule has 0 aliphatic carbocycles. The average molecular weight is 374 g/mol. The van der Waals surface area contributed by atoms with Crippen LogP contribution < -0.4 is 4.72 Å². The van der Waals surface area contributed by atoms with E-state index >= 15 is 0 Å². The largest absolute Gasteiger partial charge is 0.306 e. The molecule has 0 spiro atoms. The molecule has 1 N–H and O–H groups in total. The number of nitrogens with zero attached hydrogens (tertiary/aromatic N) is 1. The Hall–Kier alpha value is -0.810. The number of halogens is 2. The minimum absolute atomic E-state index is 0.202. The summed E-state index contributed by atoms with van der Waals surface area (Å²) in [4.78, 5) is 9.17. The summed E-state index contributed by atoms with van der Waals surface area (Å²) in [6.07, 6.45) is 0. The van der Waals surface area contributed by atoms with E-state index in [1.165, 1.54) is 0 Å². The molecule has 1 rings (SSSR count). The van der Waals surface area contributed by atoms with E-state index in [9.17, 15) is 22.9 Å². The second-order valence-corrected chi connectivity index (χ2v) is 5.80. The van der Waals surface area contributed by atoms with Crippen molar-refractivity contribution in [2.75, 3.05) is 11.0 Å². The highest BCUT2D eigenvalue weighted by molar-refractivity contribution is 14.1. The van der Waals surface area contributed by atoms with E-state index in [4.69, 9.17) is 0 Å². The zero-order valence-electron chi connectivity index (χ0n) is 8.39. The van der Waals surface area contributed by atoms with Gasteiger partial charge < -0.3 is 0 Å². The summed E-state index contributed by atoms with van der Waals surface area (Å²) in [7, 11) is -3.82. The lowest BCUT2D eigenvalue weighted by Crippen LogP contribution is -2.25. The maximum absolute atomic E-state index is 13.0. The monoisotopic (exact) mass is 374 g/mol. The predicted octanol–water partition coefficient (Wildman–Crippen LogP) is 1.45. The van der Waals surface area contributed by atoms with Gasteiger partial charge in [-0.2, -0.15) is 4.39 Å². The lowest BCUT2D eigenvalue weighted by molar-refractivity contribution is -0.387. The van der Waals surface area contributed by atoms with Gasteiger partial charge in [0.05, 0.1) is 9.82 Å². The molecule has 1 aromatic carbocycles. The van der Waals surface area contributed by atoms with Gasteiger partial charge in [-0.05, 0) is 12.1 Å². The normalized spacial score (nSPS) is 11.4. The Kier molecular flexibility index (Phi) is 4.77. The SMILES string of the molecule is O=[N+]([O-])c1cc(S(=O)(=O)NCCI)ccc1F. The Bertz CT molecular complexity index is 534. The summed E-state index contributed by atoms with van der Waals surface area (Å²) < 4.78 is 39.0. The van der Waals surface area contributed by atoms with Crippen molar-refractivity contribution in [3.8, 4) is 0 Å². The van der Waals surface area contributed by atoms with Crippen LogP contribution in [0, 0.1) is 15.9 Å². The van der Waals surface area contributed by atoms with Gasteiger partial charge >= 0.3 is 5.69 Å². The van der Waals surface area contributed by atoms with Gasteiger partial charge in [-0.15, -0.1) is 0 Å². The molecule has 94 valence electrons. The maximum atomic E-state index is 13.0. The van der Waals surface area contributed by atoms with Crippen LogP contribution in [0.25, 0.3) is 0 Å². The van der Waals surface area contributed by atoms with Crippen molar-refractivity contribution in [1.82, 2.24) is 4.72 Å². The van der Waals surface area contributed by atoms with Crippen LogP contribution in [0.3, 0.4) is 0 Å². The standard InChI is InChI=1S/C8H8FIN2O4S/c9-7-2-1-6(5-8(7)12(13)14)17(15,16)11-4-3-10/h1-2,5,11H,3-4H2. The Morgan fingerprint density at radius 1 is 1.47 bits per heavy atom. The number of nitrogens with one attached hydrogen (secondary N) is 1. The molecule has 0 unspecified atom stereocenters. The summed E-state index contributed by atoms with van der Waals surface area (Å²) in [5.74, 6) is -1.07. The van der Waals surface area contributed by atoms with E-state index in [2.05, 4.69) is 4.72 Å². The quantitative estimate of drug-likeness (QED) is 0.366. The number of hydrogen-bond acceptors (Lipinski definition) is 4. The minimum Gasteiger partial charge on any atom is -0.258 e. The summed E-state index contributed by atoms with van der Waals surface area (Å²) >= 11 is 1.97. The van der Waals surface area contributed by atoms with Crippen LogP contribution in [-0.4, -0.2) is 24.3 Å². The van der Waals surface area contributed by atoms with Crippen molar-refractivity contribution in [2.24, 2.45) is 0 Å². The molecule has 0 aliphatic rings. The molecule has 0 saturated carbocycles. The van der Waals surface area contributed by atoms with Gasteiger partial charge in [0.15, 0.2) is 0 Å². The third-order valence-corrected chi connectivity index (χ3v) is 3.81. The molecule has 17 heavy (non-hydrogen) atoms. The topological polar surface area (TPSA) is 89.3 Å². The van der Waals surface area contributed by atoms with Crippen LogP contribution in [-0.2, 0) is 10.0 Å². The Labute approximate surface area is 111 Å². The first kappa shape index (κ1) is 14.3. The number of hydrogen-bond donors (Lipinski definition) is 1. The molecule has 0 saturated heterocycles. The number of benzene rings is 1. The van der Waals surface area contributed by atoms with Crippen LogP contribution in [0.4, 0.5) is 10.1 Å². The van der Waals surface area contributed by atoms with E-state index in [0.29, 0.717) is 10.5 Å². The molecule has 0 aliphatic heterocycles. The van der Waals surface area contributed by atoms with Crippen molar-refractivity contribution in [2.45, 2.75) is 4.90 Å². The molecule has 0 aromatic heterocycles. The first-order valence-corrected chi connectivity index (χ1v) is 7.39. The lowest BCUT2D eigenvalue weighted by Gasteiger charge is -2.05. The fourth-order valence-corrected chi connectivity index (χ4v) is 2.74. The molecular formula is C8H8FIN2O4S. The average Bonchev–Trinajstić information content (AvgIpc) is 2.26. The Balaban J connectivity index is 3.16. The van der Waals surface area contributed by atoms with E-state index in [-0.39, 0.29) is 11.4 Å². The first-order valence-electron chi connectivity index (χ1n) is 4.38. The number of sulfonamides is 1. The fourth-order valence-electron chi connectivity index (χ4n) is 1.06. The molecule has 0 heterocycles. The third-order valence-electron chi connectivity index (χ3n) is 1.81. The molecule has 9 heteroatoms. The van der Waals surface area contributed by atoms with Crippen LogP contribution in [0.15, 0.2) is 23.1 Å². The van der Waals surface area contributed by atoms with Gasteiger partial charge in [0, 0.05) is 17.0 Å². The molecule has 0 bridgehead atoms. The van der Waals surface area contributed by atoms with Gasteiger partial charge in [-0.1, -0.05) is 22.6 Å². The highest BCUT2D eigenvalue weighted by Gasteiger charge is 2.20. The van der Waals surface area contributed by atoms with Crippen molar-refractivity contribution in [1.29, 1.82) is 0 Å². The van der Waals surface area contributed by atoms with Crippen LogP contribution in [0.1, 0.15) is 0 Å². The fraction of sp³-hybridized carbons (Fsp3) is 0.250. The van der Waals surface area contributed by atoms with Crippen LogP contribution in [0.2, 0.25) is 0 Å². The predicted molar refractivity (Wildman–Crippen MR) is 67.1 cm³/mol. The molecular weight excluding hydrogens is 366 g/mol. The van der Waals surface area contributed by atoms with E-state index in [1.54, 1.807) is 0 Å². The first-order chi connectivity index (χ1) is 7.88. The van der Waals surface area contributed by atoms with Crippen LogP contribution in [0.5, 0.6) is 0 Å². The lowest BCUT2D eigenvalue weighted by atomic mass is 10.3. The molecule has 0 atom stereocenters. The minimum atomic E-state index is -3.82. The Morgan fingerprint density at radius 3 is 2.65 bits per heavy atom. The third kappa shape index (κ3) is 3.57. The van der Waals surface area contributed by atoms with Crippen LogP contribution >= 0.6 is 22.6 Å². The highest BCUT2D eigenvalue weighted by atomic mass is 127. The zero-order chi connectivity index (χ0) is 13.1. The van der Waals surface area contributed by atoms with Gasteiger partial charge in [-0.25, -0.2) is 13.1 Å². The van der Waals surface area contributed by atoms with Crippen molar-refractivity contribution < 1.29 is 17.7 Å². The Morgan fingerprint density at radius 2 is 2.12 bits per heavy atom. The second-order valence-electron chi connectivity index (χ2n) is 2.96.